The minimum Gasteiger partial charge on any atom is -0.467 e. The van der Waals surface area contributed by atoms with Crippen LogP contribution in [0, 0.1) is 0 Å². The summed E-state index contributed by atoms with van der Waals surface area (Å²) >= 11 is 0. The van der Waals surface area contributed by atoms with Crippen molar-refractivity contribution < 1.29 is 9.53 Å². The van der Waals surface area contributed by atoms with Crippen LogP contribution in [0.2, 0.25) is 0 Å². The fourth-order valence-corrected chi connectivity index (χ4v) is 2.66. The second-order valence-electron chi connectivity index (χ2n) is 6.21. The van der Waals surface area contributed by atoms with E-state index in [0.717, 1.165) is 12.1 Å². The monoisotopic (exact) mass is 307 g/mol. The Balaban J connectivity index is 1.79. The van der Waals surface area contributed by atoms with E-state index in [1.165, 1.54) is 77.7 Å². The zero-order valence-electron chi connectivity index (χ0n) is 14.5. The van der Waals surface area contributed by atoms with Crippen LogP contribution in [0.3, 0.4) is 0 Å². The molecular formula is C19H33NO2. The molecule has 0 aromatic rings. The molecular weight excluding hydrogens is 274 g/mol. The lowest BCUT2D eigenvalue weighted by Crippen LogP contribution is -2.12. The maximum absolute atomic E-state index is 11.1. The quantitative estimate of drug-likeness (QED) is 0.325. The van der Waals surface area contributed by atoms with E-state index < -0.39 is 0 Å². The lowest BCUT2D eigenvalue weighted by molar-refractivity contribution is -0.139. The highest BCUT2D eigenvalue weighted by molar-refractivity contribution is 6.21. The molecule has 1 unspecified atom stereocenters. The minimum absolute atomic E-state index is 0.241. The fraction of sp³-hybridized carbons (Fsp3) is 0.789. The van der Waals surface area contributed by atoms with Gasteiger partial charge in [0.15, 0.2) is 6.04 Å². The Hall–Kier alpha value is -1.12. The highest BCUT2D eigenvalue weighted by Crippen LogP contribution is 2.15. The Morgan fingerprint density at radius 1 is 1.00 bits per heavy atom. The topological polar surface area (TPSA) is 38.7 Å². The first-order valence-electron chi connectivity index (χ1n) is 9.11. The number of esters is 1. The molecule has 1 rings (SSSR count). The Morgan fingerprint density at radius 2 is 1.55 bits per heavy atom. The second-order valence-corrected chi connectivity index (χ2v) is 6.21. The third-order valence-corrected chi connectivity index (χ3v) is 4.18. The Kier molecular flexibility index (Phi) is 10.7. The van der Waals surface area contributed by atoms with Crippen molar-refractivity contribution >= 4 is 11.7 Å². The number of hydrogen-bond acceptors (Lipinski definition) is 3. The highest BCUT2D eigenvalue weighted by atomic mass is 16.5. The number of allylic oxidation sites excluding steroid dienone is 1. The van der Waals surface area contributed by atoms with E-state index in [1.54, 1.807) is 0 Å². The lowest BCUT2D eigenvalue weighted by Gasteiger charge is -2.01. The van der Waals surface area contributed by atoms with Crippen molar-refractivity contribution in [2.45, 2.75) is 90.0 Å². The zero-order valence-corrected chi connectivity index (χ0v) is 14.5. The normalized spacial score (nSPS) is 16.8. The zero-order chi connectivity index (χ0) is 16.0. The van der Waals surface area contributed by atoms with Gasteiger partial charge in [-0.1, -0.05) is 77.2 Å². The van der Waals surface area contributed by atoms with E-state index in [1.807, 2.05) is 6.08 Å². The van der Waals surface area contributed by atoms with Crippen LogP contribution < -0.4 is 0 Å². The summed E-state index contributed by atoms with van der Waals surface area (Å²) in [5, 5.41) is 0. The average Bonchev–Trinajstić information content (AvgIpc) is 3.30. The van der Waals surface area contributed by atoms with Crippen LogP contribution in [0.5, 0.6) is 0 Å². The van der Waals surface area contributed by atoms with Gasteiger partial charge in [0.2, 0.25) is 0 Å². The Labute approximate surface area is 136 Å². The number of methoxy groups -OCH3 is 1. The maximum Gasteiger partial charge on any atom is 0.336 e. The molecule has 0 aliphatic carbocycles. The van der Waals surface area contributed by atoms with Crippen molar-refractivity contribution in [3.8, 4) is 0 Å². The van der Waals surface area contributed by atoms with Gasteiger partial charge < -0.3 is 4.74 Å². The number of aliphatic imine (C=N–C) groups is 1. The van der Waals surface area contributed by atoms with Crippen molar-refractivity contribution in [2.75, 3.05) is 7.11 Å². The van der Waals surface area contributed by atoms with Crippen LogP contribution in [0.15, 0.2) is 17.1 Å². The standard InChI is InChI=1S/C19H33NO2/c1-3-4-5-6-7-8-9-10-11-12-13-14-15-16-17-18(20-17)19(21)22-2/h15-16,18H,3-14H2,1-2H3/b16-15+. The van der Waals surface area contributed by atoms with Crippen molar-refractivity contribution in [3.05, 3.63) is 12.2 Å². The van der Waals surface area contributed by atoms with Crippen molar-refractivity contribution in [2.24, 2.45) is 4.99 Å². The second kappa shape index (κ2) is 12.4. The first-order valence-corrected chi connectivity index (χ1v) is 9.11. The smallest absolute Gasteiger partial charge is 0.336 e. The molecule has 0 amide bonds. The lowest BCUT2D eigenvalue weighted by atomic mass is 10.1. The van der Waals surface area contributed by atoms with Crippen molar-refractivity contribution in [3.63, 3.8) is 0 Å². The number of unbranched alkanes of at least 4 members (excludes halogenated alkanes) is 11. The van der Waals surface area contributed by atoms with Gasteiger partial charge in [0.05, 0.1) is 12.8 Å². The van der Waals surface area contributed by atoms with Gasteiger partial charge in [0, 0.05) is 0 Å². The summed E-state index contributed by atoms with van der Waals surface area (Å²) < 4.78 is 4.64. The predicted octanol–water partition coefficient (Wildman–Crippen LogP) is 5.24. The van der Waals surface area contributed by atoms with Gasteiger partial charge in [-0.25, -0.2) is 4.79 Å². The summed E-state index contributed by atoms with van der Waals surface area (Å²) in [6.07, 6.45) is 20.3. The van der Waals surface area contributed by atoms with Gasteiger partial charge in [-0.3, -0.25) is 4.99 Å². The molecule has 0 fully saturated rings. The number of carbonyl (C=O) groups excluding carboxylic acids is 1. The molecule has 0 radical (unpaired) electrons. The summed E-state index contributed by atoms with van der Waals surface area (Å²) in [5.74, 6) is -0.241. The summed E-state index contributed by atoms with van der Waals surface area (Å²) in [5.41, 5.74) is 0.870. The van der Waals surface area contributed by atoms with Gasteiger partial charge in [-0.2, -0.15) is 0 Å². The first kappa shape index (κ1) is 18.9. The van der Waals surface area contributed by atoms with Crippen LogP contribution in [0.25, 0.3) is 0 Å². The fourth-order valence-electron chi connectivity index (χ4n) is 2.66. The molecule has 22 heavy (non-hydrogen) atoms. The molecule has 0 aromatic heterocycles. The molecule has 0 spiro atoms. The van der Waals surface area contributed by atoms with Crippen LogP contribution in [-0.2, 0) is 9.53 Å². The van der Waals surface area contributed by atoms with Crippen LogP contribution >= 0.6 is 0 Å². The maximum atomic E-state index is 11.1. The van der Waals surface area contributed by atoms with E-state index in [9.17, 15) is 4.79 Å². The van der Waals surface area contributed by atoms with Gasteiger partial charge >= 0.3 is 5.97 Å². The van der Waals surface area contributed by atoms with E-state index in [0.29, 0.717) is 0 Å². The third-order valence-electron chi connectivity index (χ3n) is 4.18. The summed E-state index contributed by atoms with van der Waals surface area (Å²) in [4.78, 5) is 15.2. The molecule has 0 bridgehead atoms. The molecule has 3 heteroatoms. The minimum atomic E-state index is -0.307. The first-order chi connectivity index (χ1) is 10.8. The highest BCUT2D eigenvalue weighted by Gasteiger charge is 2.33. The molecule has 126 valence electrons. The summed E-state index contributed by atoms with van der Waals surface area (Å²) in [6.45, 7) is 2.27. The van der Waals surface area contributed by atoms with E-state index in [2.05, 4.69) is 22.7 Å². The molecule has 0 aromatic carbocycles. The van der Waals surface area contributed by atoms with Crippen molar-refractivity contribution in [1.82, 2.24) is 0 Å². The van der Waals surface area contributed by atoms with Gasteiger partial charge in [0.25, 0.3) is 0 Å². The Bertz CT molecular complexity index is 360. The predicted molar refractivity (Wildman–Crippen MR) is 93.5 cm³/mol. The average molecular weight is 307 g/mol. The molecule has 1 heterocycles. The van der Waals surface area contributed by atoms with Gasteiger partial charge in [-0.05, 0) is 18.9 Å². The number of hydrogen-bond donors (Lipinski definition) is 0. The van der Waals surface area contributed by atoms with Gasteiger partial charge in [-0.15, -0.1) is 0 Å². The number of carbonyl (C=O) groups is 1. The summed E-state index contributed by atoms with van der Waals surface area (Å²) in [6, 6.07) is -0.307. The van der Waals surface area contributed by atoms with Crippen LogP contribution in [0.4, 0.5) is 0 Å². The molecule has 1 aliphatic heterocycles. The number of ether oxygens (including phenoxy) is 1. The molecule has 0 N–H and O–H groups in total. The largest absolute Gasteiger partial charge is 0.467 e. The SMILES string of the molecule is CCCCCCCCCCCCC/C=C/C1=NC1C(=O)OC. The molecule has 1 atom stereocenters. The number of rotatable bonds is 14. The van der Waals surface area contributed by atoms with Gasteiger partial charge in [0.1, 0.15) is 0 Å². The molecule has 3 nitrogen and oxygen atoms in total. The van der Waals surface area contributed by atoms with E-state index in [4.69, 9.17) is 0 Å². The summed E-state index contributed by atoms with van der Waals surface area (Å²) in [7, 11) is 1.41. The van der Waals surface area contributed by atoms with Crippen LogP contribution in [0.1, 0.15) is 84.0 Å². The van der Waals surface area contributed by atoms with Crippen LogP contribution in [-0.4, -0.2) is 24.8 Å². The molecule has 0 saturated carbocycles. The van der Waals surface area contributed by atoms with E-state index in [-0.39, 0.29) is 12.0 Å². The van der Waals surface area contributed by atoms with E-state index >= 15 is 0 Å². The molecule has 0 saturated heterocycles. The molecule has 1 aliphatic rings. The third kappa shape index (κ3) is 9.01. The Morgan fingerprint density at radius 3 is 2.09 bits per heavy atom. The van der Waals surface area contributed by atoms with Crippen molar-refractivity contribution in [1.29, 1.82) is 0 Å². The number of nitrogens with zero attached hydrogens (tertiary/aromatic N) is 1.